The fourth-order valence-corrected chi connectivity index (χ4v) is 3.92. The summed E-state index contributed by atoms with van der Waals surface area (Å²) >= 11 is 1.40. The number of amides is 2. The number of carbonyl (C=O) groups excluding carboxylic acids is 2. The second kappa shape index (κ2) is 7.22. The van der Waals surface area contributed by atoms with Crippen molar-refractivity contribution < 1.29 is 29.4 Å². The van der Waals surface area contributed by atoms with E-state index in [0.29, 0.717) is 17.7 Å². The molecule has 10 heteroatoms. The van der Waals surface area contributed by atoms with E-state index in [0.717, 1.165) is 0 Å². The van der Waals surface area contributed by atoms with Gasteiger partial charge in [0.1, 0.15) is 23.2 Å². The van der Waals surface area contributed by atoms with Crippen LogP contribution in [0.25, 0.3) is 0 Å². The van der Waals surface area contributed by atoms with Gasteiger partial charge in [0, 0.05) is 12.2 Å². The zero-order valence-electron chi connectivity index (χ0n) is 13.0. The molecule has 9 nitrogen and oxygen atoms in total. The molecule has 0 spiro atoms. The average molecular weight is 357 g/mol. The predicted octanol–water partition coefficient (Wildman–Crippen LogP) is -0.673. The number of aliphatic carboxylic acids is 2. The molecular weight excluding hydrogens is 338 g/mol. The maximum absolute atomic E-state index is 12.2. The van der Waals surface area contributed by atoms with E-state index in [1.165, 1.54) is 16.7 Å². The third kappa shape index (κ3) is 3.54. The number of carbonyl (C=O) groups is 4. The fourth-order valence-electron chi connectivity index (χ4n) is 2.63. The molecule has 2 rings (SSSR count). The molecule has 1 fully saturated rings. The van der Waals surface area contributed by atoms with E-state index < -0.39 is 35.3 Å². The number of hydrogen-bond acceptors (Lipinski definition) is 6. The molecule has 2 amide bonds. The maximum Gasteiger partial charge on any atom is 0.352 e. The first-order chi connectivity index (χ1) is 11.2. The highest BCUT2D eigenvalue weighted by atomic mass is 32.2. The number of nitrogens with one attached hydrogen (secondary N) is 1. The van der Waals surface area contributed by atoms with E-state index >= 15 is 0 Å². The Hall–Kier alpha value is -2.07. The maximum atomic E-state index is 12.2. The summed E-state index contributed by atoms with van der Waals surface area (Å²) in [6, 6.07) is -1.77. The third-order valence-electron chi connectivity index (χ3n) is 3.91. The number of thioether (sulfide) groups is 1. The minimum absolute atomic E-state index is 0.0123. The molecule has 0 aliphatic carbocycles. The van der Waals surface area contributed by atoms with Gasteiger partial charge < -0.3 is 21.3 Å². The van der Waals surface area contributed by atoms with Crippen molar-refractivity contribution in [2.24, 2.45) is 5.73 Å². The minimum Gasteiger partial charge on any atom is -0.480 e. The molecule has 0 unspecified atom stereocenters. The molecule has 24 heavy (non-hydrogen) atoms. The molecule has 0 saturated carbocycles. The van der Waals surface area contributed by atoms with Crippen LogP contribution >= 0.6 is 11.8 Å². The van der Waals surface area contributed by atoms with E-state index in [2.05, 4.69) is 5.32 Å². The monoisotopic (exact) mass is 357 g/mol. The second-order valence-corrected chi connectivity index (χ2v) is 6.83. The molecule has 0 aromatic carbocycles. The van der Waals surface area contributed by atoms with E-state index in [1.807, 2.05) is 0 Å². The van der Waals surface area contributed by atoms with Crippen LogP contribution in [0.2, 0.25) is 0 Å². The summed E-state index contributed by atoms with van der Waals surface area (Å²) in [6.45, 7) is 1.66. The molecule has 2 heterocycles. The smallest absolute Gasteiger partial charge is 0.352 e. The lowest BCUT2D eigenvalue weighted by atomic mass is 10.0. The van der Waals surface area contributed by atoms with E-state index in [4.69, 9.17) is 10.8 Å². The summed E-state index contributed by atoms with van der Waals surface area (Å²) < 4.78 is 0. The van der Waals surface area contributed by atoms with Crippen molar-refractivity contribution in [1.82, 2.24) is 10.2 Å². The van der Waals surface area contributed by atoms with Crippen LogP contribution in [0.4, 0.5) is 0 Å². The second-order valence-electron chi connectivity index (χ2n) is 5.73. The van der Waals surface area contributed by atoms with Gasteiger partial charge >= 0.3 is 11.9 Å². The molecule has 5 N–H and O–H groups in total. The zero-order valence-corrected chi connectivity index (χ0v) is 13.8. The van der Waals surface area contributed by atoms with Gasteiger partial charge in [-0.1, -0.05) is 0 Å². The van der Waals surface area contributed by atoms with Crippen molar-refractivity contribution >= 4 is 35.5 Å². The van der Waals surface area contributed by atoms with Gasteiger partial charge in [0.25, 0.3) is 5.91 Å². The number of nitrogens with two attached hydrogens (primary N) is 1. The number of β-lactam (4-membered cyclic amide) rings is 1. The van der Waals surface area contributed by atoms with Gasteiger partial charge in [-0.05, 0) is 25.3 Å². The fraction of sp³-hybridized carbons (Fsp3) is 0.571. The third-order valence-corrected chi connectivity index (χ3v) is 5.34. The first-order valence-electron chi connectivity index (χ1n) is 7.39. The van der Waals surface area contributed by atoms with Crippen LogP contribution in [0.1, 0.15) is 26.2 Å². The average Bonchev–Trinajstić information content (AvgIpc) is 2.51. The summed E-state index contributed by atoms with van der Waals surface area (Å²) in [5, 5.41) is 20.1. The summed E-state index contributed by atoms with van der Waals surface area (Å²) in [5.41, 5.74) is 5.95. The highest BCUT2D eigenvalue weighted by Crippen LogP contribution is 2.40. The van der Waals surface area contributed by atoms with Crippen LogP contribution in [0.15, 0.2) is 11.3 Å². The standard InChI is InChI=1S/C14H19N3O6S/c1-6-5-24-12-9(11(19)17(12)10(6)14(22)23)16-8(18)4-2-3-7(15)13(20)21/h7,9,12H,2-5,15H2,1H3,(H,16,18)(H,20,21)(H,22,23)/t7-,9+,12+/m0/s1. The summed E-state index contributed by atoms with van der Waals surface area (Å²) in [6.07, 6.45) is 0.515. The summed E-state index contributed by atoms with van der Waals surface area (Å²) in [7, 11) is 0. The normalized spacial score (nSPS) is 24.1. The number of hydrogen-bond donors (Lipinski definition) is 4. The topological polar surface area (TPSA) is 150 Å². The van der Waals surface area contributed by atoms with Gasteiger partial charge in [-0.15, -0.1) is 11.8 Å². The van der Waals surface area contributed by atoms with E-state index in [9.17, 15) is 24.3 Å². The molecule has 132 valence electrons. The first kappa shape index (κ1) is 18.3. The molecule has 0 radical (unpaired) electrons. The summed E-state index contributed by atoms with van der Waals surface area (Å²) in [5.74, 6) is -2.62. The Labute approximate surface area is 142 Å². The minimum atomic E-state index is -1.15. The lowest BCUT2D eigenvalue weighted by Crippen LogP contribution is -2.70. The molecule has 0 bridgehead atoms. The van der Waals surface area contributed by atoms with Crippen LogP contribution < -0.4 is 11.1 Å². The number of rotatable bonds is 7. The Balaban J connectivity index is 1.88. The van der Waals surface area contributed by atoms with Crippen molar-refractivity contribution in [3.05, 3.63) is 11.3 Å². The van der Waals surface area contributed by atoms with Crippen molar-refractivity contribution in [2.45, 2.75) is 43.6 Å². The van der Waals surface area contributed by atoms with Crippen LogP contribution in [0.5, 0.6) is 0 Å². The molecular formula is C14H19N3O6S. The molecule has 2 aliphatic heterocycles. The molecule has 0 aromatic heterocycles. The lowest BCUT2D eigenvalue weighted by Gasteiger charge is -2.49. The molecule has 0 aromatic rings. The molecule has 3 atom stereocenters. The Kier molecular flexibility index (Phi) is 5.50. The number of nitrogens with zero attached hydrogens (tertiary/aromatic N) is 1. The highest BCUT2D eigenvalue weighted by Gasteiger charge is 2.53. The number of fused-ring (bicyclic) bond motifs is 1. The van der Waals surface area contributed by atoms with Crippen molar-refractivity contribution in [2.75, 3.05) is 5.75 Å². The van der Waals surface area contributed by atoms with Gasteiger partial charge in [0.05, 0.1) is 0 Å². The van der Waals surface area contributed by atoms with Crippen molar-refractivity contribution in [1.29, 1.82) is 0 Å². The number of carboxylic acid groups (broad SMARTS) is 2. The van der Waals surface area contributed by atoms with Crippen LogP contribution in [-0.2, 0) is 19.2 Å². The van der Waals surface area contributed by atoms with E-state index in [1.54, 1.807) is 6.92 Å². The highest BCUT2D eigenvalue weighted by molar-refractivity contribution is 8.00. The molecule has 2 aliphatic rings. The van der Waals surface area contributed by atoms with Crippen LogP contribution in [0, 0.1) is 0 Å². The Morgan fingerprint density at radius 3 is 2.67 bits per heavy atom. The predicted molar refractivity (Wildman–Crippen MR) is 84.8 cm³/mol. The zero-order chi connectivity index (χ0) is 18.0. The number of carboxylic acids is 2. The first-order valence-corrected chi connectivity index (χ1v) is 8.44. The Bertz CT molecular complexity index is 620. The van der Waals surface area contributed by atoms with Crippen molar-refractivity contribution in [3.63, 3.8) is 0 Å². The van der Waals surface area contributed by atoms with Gasteiger partial charge in [0.2, 0.25) is 5.91 Å². The molecule has 1 saturated heterocycles. The van der Waals surface area contributed by atoms with Crippen LogP contribution in [0.3, 0.4) is 0 Å². The Morgan fingerprint density at radius 2 is 2.08 bits per heavy atom. The van der Waals surface area contributed by atoms with Crippen molar-refractivity contribution in [3.8, 4) is 0 Å². The quantitative estimate of drug-likeness (QED) is 0.438. The van der Waals surface area contributed by atoms with Gasteiger partial charge in [0.15, 0.2) is 0 Å². The summed E-state index contributed by atoms with van der Waals surface area (Å²) in [4.78, 5) is 47.1. The van der Waals surface area contributed by atoms with Gasteiger partial charge in [-0.2, -0.15) is 0 Å². The largest absolute Gasteiger partial charge is 0.480 e. The van der Waals surface area contributed by atoms with Crippen LogP contribution in [-0.4, -0.2) is 62.1 Å². The van der Waals surface area contributed by atoms with E-state index in [-0.39, 0.29) is 24.4 Å². The SMILES string of the molecule is CC1=C(C(=O)O)N2C(=O)[C@@H](NC(=O)CCC[C@H](N)C(=O)O)[C@H]2SC1. The van der Waals surface area contributed by atoms with Gasteiger partial charge in [-0.25, -0.2) is 4.79 Å². The lowest BCUT2D eigenvalue weighted by molar-refractivity contribution is -0.150. The van der Waals surface area contributed by atoms with Gasteiger partial charge in [-0.3, -0.25) is 19.3 Å². The Morgan fingerprint density at radius 1 is 1.42 bits per heavy atom.